The van der Waals surface area contributed by atoms with Crippen molar-refractivity contribution in [2.75, 3.05) is 38.0 Å². The number of hydrogen-bond acceptors (Lipinski definition) is 6. The van der Waals surface area contributed by atoms with Crippen LogP contribution in [0.2, 0.25) is 0 Å². The van der Waals surface area contributed by atoms with E-state index >= 15 is 0 Å². The number of rotatable bonds is 8. The standard InChI is InChI=1S/C20H26N4O3.2ClH/c1-5-27-17-11-8-14(12-16(17)24(2)3)18(20(25)26-4)23-15-9-6-13(7-10-15)19(21)22;;/h6-12,18,23H,5H2,1-4H3,(H3,21,22);2*1H. The summed E-state index contributed by atoms with van der Waals surface area (Å²) in [5.41, 5.74) is 8.44. The van der Waals surface area contributed by atoms with Crippen LogP contribution in [0.1, 0.15) is 24.1 Å². The van der Waals surface area contributed by atoms with E-state index in [0.717, 1.165) is 22.7 Å². The molecule has 7 nitrogen and oxygen atoms in total. The lowest BCUT2D eigenvalue weighted by Gasteiger charge is -2.22. The van der Waals surface area contributed by atoms with Crippen LogP contribution >= 0.6 is 24.8 Å². The Morgan fingerprint density at radius 3 is 2.28 bits per heavy atom. The molecule has 0 heterocycles. The topological polar surface area (TPSA) is 101 Å². The number of amidine groups is 1. The van der Waals surface area contributed by atoms with Crippen LogP contribution in [0.15, 0.2) is 42.5 Å². The molecule has 0 aliphatic rings. The molecule has 4 N–H and O–H groups in total. The van der Waals surface area contributed by atoms with Crippen molar-refractivity contribution in [2.45, 2.75) is 13.0 Å². The predicted octanol–water partition coefficient (Wildman–Crippen LogP) is 3.61. The number of benzene rings is 2. The summed E-state index contributed by atoms with van der Waals surface area (Å²) in [6.07, 6.45) is 0. The minimum Gasteiger partial charge on any atom is -0.492 e. The molecule has 0 saturated carbocycles. The smallest absolute Gasteiger partial charge is 0.332 e. The van der Waals surface area contributed by atoms with Gasteiger partial charge in [0.15, 0.2) is 6.04 Å². The van der Waals surface area contributed by atoms with Gasteiger partial charge in [-0.2, -0.15) is 0 Å². The van der Waals surface area contributed by atoms with E-state index in [1.54, 1.807) is 24.3 Å². The second-order valence-electron chi connectivity index (χ2n) is 6.15. The van der Waals surface area contributed by atoms with Crippen LogP contribution in [0.4, 0.5) is 11.4 Å². The molecule has 0 aliphatic heterocycles. The first kappa shape index (κ1) is 26.4. The van der Waals surface area contributed by atoms with Gasteiger partial charge >= 0.3 is 5.97 Å². The second kappa shape index (κ2) is 12.0. The molecule has 0 fully saturated rings. The third-order valence-corrected chi connectivity index (χ3v) is 4.04. The third-order valence-electron chi connectivity index (χ3n) is 4.04. The Labute approximate surface area is 183 Å². The minimum absolute atomic E-state index is 0. The van der Waals surface area contributed by atoms with Gasteiger partial charge in [-0.05, 0) is 48.9 Å². The fraction of sp³-hybridized carbons (Fsp3) is 0.300. The summed E-state index contributed by atoms with van der Waals surface area (Å²) in [7, 11) is 5.20. The van der Waals surface area contributed by atoms with Crippen LogP contribution in [0.25, 0.3) is 0 Å². The highest BCUT2D eigenvalue weighted by atomic mass is 35.5. The summed E-state index contributed by atoms with van der Waals surface area (Å²) in [5.74, 6) is 0.341. The van der Waals surface area contributed by atoms with Crippen molar-refractivity contribution >= 4 is 48.0 Å². The Kier molecular flexibility index (Phi) is 10.9. The van der Waals surface area contributed by atoms with Crippen molar-refractivity contribution in [2.24, 2.45) is 5.73 Å². The number of carbonyl (C=O) groups excluding carboxylic acids is 1. The summed E-state index contributed by atoms with van der Waals surface area (Å²) in [5, 5.41) is 10.6. The molecule has 9 heteroatoms. The number of esters is 1. The number of nitrogen functional groups attached to an aromatic ring is 1. The normalized spacial score (nSPS) is 10.6. The Hall–Kier alpha value is -2.64. The van der Waals surface area contributed by atoms with Crippen LogP contribution in [-0.2, 0) is 9.53 Å². The maximum atomic E-state index is 12.4. The molecule has 1 atom stereocenters. The SMILES string of the molecule is CCOc1ccc(C(Nc2ccc(C(=N)N)cc2)C(=O)OC)cc1N(C)C.Cl.Cl. The van der Waals surface area contributed by atoms with E-state index in [0.29, 0.717) is 12.2 Å². The molecular weight excluding hydrogens is 415 g/mol. The van der Waals surface area contributed by atoms with Gasteiger partial charge < -0.3 is 25.4 Å². The lowest BCUT2D eigenvalue weighted by molar-refractivity contribution is -0.141. The second-order valence-corrected chi connectivity index (χ2v) is 6.15. The Bertz CT molecular complexity index is 814. The number of methoxy groups -OCH3 is 1. The lowest BCUT2D eigenvalue weighted by Crippen LogP contribution is -2.23. The highest BCUT2D eigenvalue weighted by Gasteiger charge is 2.23. The number of anilines is 2. The number of nitrogens with zero attached hydrogens (tertiary/aromatic N) is 1. The lowest BCUT2D eigenvalue weighted by atomic mass is 10.0. The monoisotopic (exact) mass is 442 g/mol. The van der Waals surface area contributed by atoms with E-state index in [2.05, 4.69) is 5.32 Å². The fourth-order valence-electron chi connectivity index (χ4n) is 2.65. The highest BCUT2D eigenvalue weighted by molar-refractivity contribution is 5.95. The van der Waals surface area contributed by atoms with E-state index in [4.69, 9.17) is 20.6 Å². The van der Waals surface area contributed by atoms with Gasteiger partial charge in [0.25, 0.3) is 0 Å². The first-order valence-electron chi connectivity index (χ1n) is 8.60. The minimum atomic E-state index is -0.687. The number of nitrogens with two attached hydrogens (primary N) is 1. The van der Waals surface area contributed by atoms with Gasteiger partial charge in [0.2, 0.25) is 0 Å². The molecule has 29 heavy (non-hydrogen) atoms. The first-order chi connectivity index (χ1) is 12.9. The first-order valence-corrected chi connectivity index (χ1v) is 8.60. The third kappa shape index (κ3) is 6.73. The summed E-state index contributed by atoms with van der Waals surface area (Å²) >= 11 is 0. The van der Waals surface area contributed by atoms with Gasteiger partial charge in [0, 0.05) is 25.3 Å². The molecule has 0 aromatic heterocycles. The van der Waals surface area contributed by atoms with Crippen molar-refractivity contribution in [3.05, 3.63) is 53.6 Å². The van der Waals surface area contributed by atoms with Crippen LogP contribution < -0.4 is 20.7 Å². The number of carbonyl (C=O) groups is 1. The Morgan fingerprint density at radius 1 is 1.17 bits per heavy atom. The maximum Gasteiger partial charge on any atom is 0.332 e. The van der Waals surface area contributed by atoms with Gasteiger partial charge in [-0.3, -0.25) is 5.41 Å². The number of hydrogen-bond donors (Lipinski definition) is 3. The van der Waals surface area contributed by atoms with E-state index < -0.39 is 12.0 Å². The van der Waals surface area contributed by atoms with Gasteiger partial charge in [-0.15, -0.1) is 24.8 Å². The molecule has 0 spiro atoms. The van der Waals surface area contributed by atoms with Crippen LogP contribution in [-0.4, -0.2) is 39.6 Å². The van der Waals surface area contributed by atoms with Crippen LogP contribution in [0.3, 0.4) is 0 Å². The molecule has 0 radical (unpaired) electrons. The number of nitrogens with one attached hydrogen (secondary N) is 2. The molecule has 0 aliphatic carbocycles. The van der Waals surface area contributed by atoms with E-state index in [1.165, 1.54) is 7.11 Å². The zero-order valence-electron chi connectivity index (χ0n) is 16.9. The van der Waals surface area contributed by atoms with Gasteiger partial charge in [-0.25, -0.2) is 4.79 Å². The molecule has 0 amide bonds. The fourth-order valence-corrected chi connectivity index (χ4v) is 2.65. The average Bonchev–Trinajstić information content (AvgIpc) is 2.66. The van der Waals surface area contributed by atoms with E-state index in [9.17, 15) is 4.79 Å². The zero-order valence-corrected chi connectivity index (χ0v) is 18.5. The summed E-state index contributed by atoms with van der Waals surface area (Å²) in [6, 6.07) is 11.9. The predicted molar refractivity (Wildman–Crippen MR) is 122 cm³/mol. The summed E-state index contributed by atoms with van der Waals surface area (Å²) in [6.45, 7) is 2.48. The Morgan fingerprint density at radius 2 is 1.79 bits per heavy atom. The van der Waals surface area contributed by atoms with Crippen LogP contribution in [0, 0.1) is 5.41 Å². The largest absolute Gasteiger partial charge is 0.492 e. The summed E-state index contributed by atoms with van der Waals surface area (Å²) < 4.78 is 10.6. The molecular formula is C20H28Cl2N4O3. The molecule has 2 aromatic carbocycles. The highest BCUT2D eigenvalue weighted by Crippen LogP contribution is 2.32. The van der Waals surface area contributed by atoms with Crippen molar-refractivity contribution < 1.29 is 14.3 Å². The molecule has 1 unspecified atom stereocenters. The molecule has 2 rings (SSSR count). The van der Waals surface area contributed by atoms with Gasteiger partial charge in [0.05, 0.1) is 19.4 Å². The van der Waals surface area contributed by atoms with E-state index in [-0.39, 0.29) is 30.6 Å². The maximum absolute atomic E-state index is 12.4. The quantitative estimate of drug-likeness (QED) is 0.328. The zero-order chi connectivity index (χ0) is 20.0. The number of ether oxygens (including phenoxy) is 2. The molecule has 0 bridgehead atoms. The Balaban J connectivity index is 0.00000392. The van der Waals surface area contributed by atoms with Gasteiger partial charge in [0.1, 0.15) is 11.6 Å². The number of halogens is 2. The molecule has 2 aromatic rings. The van der Waals surface area contributed by atoms with Crippen molar-refractivity contribution in [1.29, 1.82) is 5.41 Å². The van der Waals surface area contributed by atoms with Crippen molar-refractivity contribution in [1.82, 2.24) is 0 Å². The van der Waals surface area contributed by atoms with Crippen LogP contribution in [0.5, 0.6) is 5.75 Å². The summed E-state index contributed by atoms with van der Waals surface area (Å²) in [4.78, 5) is 14.3. The molecule has 0 saturated heterocycles. The van der Waals surface area contributed by atoms with Gasteiger partial charge in [-0.1, -0.05) is 6.07 Å². The van der Waals surface area contributed by atoms with E-state index in [1.807, 2.05) is 44.1 Å². The van der Waals surface area contributed by atoms with Crippen molar-refractivity contribution in [3.63, 3.8) is 0 Å². The van der Waals surface area contributed by atoms with Crippen molar-refractivity contribution in [3.8, 4) is 5.75 Å². The average molecular weight is 443 g/mol. The molecule has 160 valence electrons.